The van der Waals surface area contributed by atoms with Crippen LogP contribution in [0.15, 0.2) is 42.5 Å². The minimum absolute atomic E-state index is 0.289. The predicted molar refractivity (Wildman–Crippen MR) is 81.8 cm³/mol. The molecule has 0 bridgehead atoms. The molecule has 0 saturated carbocycles. The Hall–Kier alpha value is -1.58. The van der Waals surface area contributed by atoms with Crippen LogP contribution >= 0.6 is 23.8 Å². The summed E-state index contributed by atoms with van der Waals surface area (Å²) in [6.45, 7) is 2.04. The van der Waals surface area contributed by atoms with Crippen molar-refractivity contribution in [2.24, 2.45) is 5.73 Å². The van der Waals surface area contributed by atoms with Crippen LogP contribution in [0.3, 0.4) is 0 Å². The molecule has 2 aromatic rings. The lowest BCUT2D eigenvalue weighted by Crippen LogP contribution is -2.12. The number of para-hydroxylation sites is 1. The highest BCUT2D eigenvalue weighted by Gasteiger charge is 2.10. The van der Waals surface area contributed by atoms with Gasteiger partial charge in [0.15, 0.2) is 0 Å². The number of nitrogens with one attached hydrogen (secondary N) is 1. The molecule has 0 amide bonds. The van der Waals surface area contributed by atoms with E-state index in [9.17, 15) is 0 Å². The number of anilines is 2. The first-order valence-corrected chi connectivity index (χ1v) is 6.29. The maximum Gasteiger partial charge on any atom is 0.107 e. The van der Waals surface area contributed by atoms with Crippen LogP contribution in [0, 0.1) is 6.92 Å². The van der Waals surface area contributed by atoms with E-state index >= 15 is 0 Å². The van der Waals surface area contributed by atoms with Crippen molar-refractivity contribution in [3.63, 3.8) is 0 Å². The highest BCUT2D eigenvalue weighted by molar-refractivity contribution is 7.80. The third-order valence-corrected chi connectivity index (χ3v) is 3.19. The van der Waals surface area contributed by atoms with E-state index in [0.29, 0.717) is 10.6 Å². The monoisotopic (exact) mass is 276 g/mol. The van der Waals surface area contributed by atoms with Gasteiger partial charge in [0.05, 0.1) is 16.3 Å². The molecule has 2 nitrogen and oxygen atoms in total. The first kappa shape index (κ1) is 12.9. The number of benzene rings is 2. The van der Waals surface area contributed by atoms with Crippen LogP contribution < -0.4 is 11.1 Å². The standard InChI is InChI=1S/C14H13ClN2S/c1-9-5-2-3-7-11(9)17-12-8-4-6-10(15)13(12)14(16)18/h2-8,17H,1H3,(H2,16,18). The van der Waals surface area contributed by atoms with Crippen molar-refractivity contribution in [1.29, 1.82) is 0 Å². The maximum absolute atomic E-state index is 6.12. The van der Waals surface area contributed by atoms with E-state index in [1.165, 1.54) is 0 Å². The van der Waals surface area contributed by atoms with Crippen molar-refractivity contribution in [3.8, 4) is 0 Å². The lowest BCUT2D eigenvalue weighted by atomic mass is 10.1. The molecule has 2 aromatic carbocycles. The highest BCUT2D eigenvalue weighted by Crippen LogP contribution is 2.28. The minimum atomic E-state index is 0.289. The van der Waals surface area contributed by atoms with Gasteiger partial charge in [-0.1, -0.05) is 48.1 Å². The van der Waals surface area contributed by atoms with Crippen LogP contribution in [0.25, 0.3) is 0 Å². The Morgan fingerprint density at radius 3 is 2.44 bits per heavy atom. The van der Waals surface area contributed by atoms with Gasteiger partial charge in [-0.05, 0) is 30.7 Å². The molecule has 0 heterocycles. The average Bonchev–Trinajstić information content (AvgIpc) is 2.31. The summed E-state index contributed by atoms with van der Waals surface area (Å²) in [6, 6.07) is 13.6. The fraction of sp³-hybridized carbons (Fsp3) is 0.0714. The van der Waals surface area contributed by atoms with Crippen LogP contribution in [-0.4, -0.2) is 4.99 Å². The second-order valence-corrected chi connectivity index (χ2v) is 4.81. The van der Waals surface area contributed by atoms with Crippen LogP contribution in [-0.2, 0) is 0 Å². The molecule has 0 spiro atoms. The Kier molecular flexibility index (Phi) is 3.84. The lowest BCUT2D eigenvalue weighted by Gasteiger charge is -2.14. The van der Waals surface area contributed by atoms with Crippen LogP contribution in [0.1, 0.15) is 11.1 Å². The molecule has 4 heteroatoms. The predicted octanol–water partition coefficient (Wildman–Crippen LogP) is 4.03. The van der Waals surface area contributed by atoms with Crippen molar-refractivity contribution in [1.82, 2.24) is 0 Å². The van der Waals surface area contributed by atoms with Gasteiger partial charge in [-0.3, -0.25) is 0 Å². The molecule has 18 heavy (non-hydrogen) atoms. The van der Waals surface area contributed by atoms with E-state index in [1.54, 1.807) is 6.07 Å². The quantitative estimate of drug-likeness (QED) is 0.832. The zero-order valence-corrected chi connectivity index (χ0v) is 11.5. The number of halogens is 1. The van der Waals surface area contributed by atoms with Gasteiger partial charge in [0.25, 0.3) is 0 Å². The molecule has 0 aliphatic rings. The fourth-order valence-electron chi connectivity index (χ4n) is 1.74. The van der Waals surface area contributed by atoms with Crippen LogP contribution in [0.2, 0.25) is 5.02 Å². The second kappa shape index (κ2) is 5.38. The molecule has 0 saturated heterocycles. The van der Waals surface area contributed by atoms with Crippen LogP contribution in [0.5, 0.6) is 0 Å². The summed E-state index contributed by atoms with van der Waals surface area (Å²) in [5, 5.41) is 3.87. The lowest BCUT2D eigenvalue weighted by molar-refractivity contribution is 1.43. The highest BCUT2D eigenvalue weighted by atomic mass is 35.5. The number of hydrogen-bond acceptors (Lipinski definition) is 2. The Morgan fingerprint density at radius 1 is 1.11 bits per heavy atom. The summed E-state index contributed by atoms with van der Waals surface area (Å²) in [5.74, 6) is 0. The van der Waals surface area contributed by atoms with E-state index in [1.807, 2.05) is 43.3 Å². The SMILES string of the molecule is Cc1ccccc1Nc1cccc(Cl)c1C(N)=S. The third kappa shape index (κ3) is 2.63. The average molecular weight is 277 g/mol. The fourth-order valence-corrected chi connectivity index (χ4v) is 2.29. The molecular weight excluding hydrogens is 264 g/mol. The van der Waals surface area contributed by atoms with Gasteiger partial charge in [-0.15, -0.1) is 0 Å². The van der Waals surface area contributed by atoms with Gasteiger partial charge in [-0.2, -0.15) is 0 Å². The maximum atomic E-state index is 6.12. The normalized spacial score (nSPS) is 10.1. The van der Waals surface area contributed by atoms with E-state index in [0.717, 1.165) is 16.9 Å². The molecule has 0 fully saturated rings. The van der Waals surface area contributed by atoms with Gasteiger partial charge in [-0.25, -0.2) is 0 Å². The molecule has 0 radical (unpaired) electrons. The Bertz CT molecular complexity index is 596. The first-order valence-electron chi connectivity index (χ1n) is 5.50. The number of nitrogens with two attached hydrogens (primary N) is 1. The molecule has 0 aliphatic heterocycles. The largest absolute Gasteiger partial charge is 0.389 e. The van der Waals surface area contributed by atoms with Crippen molar-refractivity contribution in [3.05, 3.63) is 58.6 Å². The topological polar surface area (TPSA) is 38.0 Å². The van der Waals surface area contributed by atoms with E-state index < -0.39 is 0 Å². The zero-order chi connectivity index (χ0) is 13.1. The molecule has 2 rings (SSSR count). The Labute approximate surface area is 117 Å². The summed E-state index contributed by atoms with van der Waals surface area (Å²) in [4.78, 5) is 0.289. The summed E-state index contributed by atoms with van der Waals surface area (Å²) in [7, 11) is 0. The van der Waals surface area contributed by atoms with Crippen LogP contribution in [0.4, 0.5) is 11.4 Å². The number of rotatable bonds is 3. The van der Waals surface area contributed by atoms with Crippen molar-refractivity contribution in [2.75, 3.05) is 5.32 Å². The molecule has 92 valence electrons. The minimum Gasteiger partial charge on any atom is -0.389 e. The number of hydrogen-bond donors (Lipinski definition) is 2. The van der Waals surface area contributed by atoms with Crippen molar-refractivity contribution >= 4 is 40.2 Å². The Balaban J connectivity index is 2.44. The summed E-state index contributed by atoms with van der Waals surface area (Å²) in [5.41, 5.74) is 9.37. The van der Waals surface area contributed by atoms with Gasteiger partial charge in [0.1, 0.15) is 4.99 Å². The molecule has 0 atom stereocenters. The summed E-state index contributed by atoms with van der Waals surface area (Å²) < 4.78 is 0. The van der Waals surface area contributed by atoms with Crippen molar-refractivity contribution in [2.45, 2.75) is 6.92 Å². The van der Waals surface area contributed by atoms with Gasteiger partial charge in [0.2, 0.25) is 0 Å². The van der Waals surface area contributed by atoms with Gasteiger partial charge < -0.3 is 11.1 Å². The van der Waals surface area contributed by atoms with E-state index in [2.05, 4.69) is 5.32 Å². The van der Waals surface area contributed by atoms with Gasteiger partial charge >= 0.3 is 0 Å². The number of aryl methyl sites for hydroxylation is 1. The van der Waals surface area contributed by atoms with E-state index in [4.69, 9.17) is 29.6 Å². The first-order chi connectivity index (χ1) is 8.59. The summed E-state index contributed by atoms with van der Waals surface area (Å²) in [6.07, 6.45) is 0. The van der Waals surface area contributed by atoms with E-state index in [-0.39, 0.29) is 4.99 Å². The molecule has 0 unspecified atom stereocenters. The summed E-state index contributed by atoms with van der Waals surface area (Å²) >= 11 is 11.2. The Morgan fingerprint density at radius 2 is 1.78 bits per heavy atom. The second-order valence-electron chi connectivity index (χ2n) is 3.97. The molecule has 0 aliphatic carbocycles. The molecule has 0 aromatic heterocycles. The van der Waals surface area contributed by atoms with Gasteiger partial charge in [0, 0.05) is 5.69 Å². The third-order valence-electron chi connectivity index (χ3n) is 2.67. The smallest absolute Gasteiger partial charge is 0.107 e. The zero-order valence-electron chi connectivity index (χ0n) is 9.91. The molecular formula is C14H13ClN2S. The molecule has 3 N–H and O–H groups in total. The number of thiocarbonyl (C=S) groups is 1. The van der Waals surface area contributed by atoms with Crippen molar-refractivity contribution < 1.29 is 0 Å².